The third kappa shape index (κ3) is 6.10. The zero-order chi connectivity index (χ0) is 19.7. The van der Waals surface area contributed by atoms with Crippen LogP contribution in [0.15, 0.2) is 77.1 Å². The number of sulfonamides is 1. The smallest absolute Gasteiger partial charge is 0.241 e. The van der Waals surface area contributed by atoms with Crippen LogP contribution in [0.3, 0.4) is 0 Å². The first-order chi connectivity index (χ1) is 13.0. The van der Waals surface area contributed by atoms with E-state index >= 15 is 0 Å². The maximum atomic E-state index is 12.9. The van der Waals surface area contributed by atoms with Crippen LogP contribution in [0.2, 0.25) is 0 Å². The van der Waals surface area contributed by atoms with E-state index in [9.17, 15) is 8.42 Å². The van der Waals surface area contributed by atoms with Crippen molar-refractivity contribution < 1.29 is 13.2 Å². The highest BCUT2D eigenvalue weighted by atomic mass is 32.2. The minimum Gasteiger partial charge on any atom is -0.491 e. The molecule has 2 rings (SSSR count). The summed E-state index contributed by atoms with van der Waals surface area (Å²) in [6.07, 6.45) is 4.91. The van der Waals surface area contributed by atoms with E-state index in [4.69, 9.17) is 4.74 Å². The summed E-state index contributed by atoms with van der Waals surface area (Å²) in [6.45, 7) is 4.04. The summed E-state index contributed by atoms with van der Waals surface area (Å²) in [5.41, 5.74) is 4.93. The molecule has 1 unspecified atom stereocenters. The van der Waals surface area contributed by atoms with Crippen molar-refractivity contribution in [2.75, 3.05) is 7.11 Å². The number of methoxy groups -OCH3 is 1. The van der Waals surface area contributed by atoms with Gasteiger partial charge >= 0.3 is 0 Å². The van der Waals surface area contributed by atoms with Crippen LogP contribution in [0.5, 0.6) is 0 Å². The number of rotatable bonds is 9. The topological polar surface area (TPSA) is 55.4 Å². The molecule has 2 aromatic rings. The molecule has 0 saturated carbocycles. The van der Waals surface area contributed by atoms with Crippen molar-refractivity contribution in [2.45, 2.75) is 44.0 Å². The molecule has 0 aliphatic rings. The highest BCUT2D eigenvalue weighted by molar-refractivity contribution is 7.89. The molecular weight excluding hydrogens is 358 g/mol. The fourth-order valence-corrected chi connectivity index (χ4v) is 3.78. The predicted octanol–water partition coefficient (Wildman–Crippen LogP) is 4.89. The van der Waals surface area contributed by atoms with Gasteiger partial charge in [0.15, 0.2) is 5.76 Å². The lowest BCUT2D eigenvalue weighted by molar-refractivity contribution is 0.261. The number of hydrogen-bond donors (Lipinski definition) is 1. The Morgan fingerprint density at radius 3 is 2.41 bits per heavy atom. The van der Waals surface area contributed by atoms with Crippen molar-refractivity contribution in [3.63, 3.8) is 0 Å². The number of unbranched alkanes of at least 4 members (excludes halogenated alkanes) is 2. The molecule has 0 saturated heterocycles. The molecule has 0 aliphatic carbocycles. The standard InChI is InChI=1S/C22H27NO3S/c1-4-5-6-10-13-21(26-3)22(19-11-8-7-9-12-19)23-27(24,25)20-16-14-18(2)15-17-20/h7-12,14-17,22-23H,4-6H2,1-3H3. The molecule has 2 aromatic carbocycles. The highest BCUT2D eigenvalue weighted by Gasteiger charge is 2.25. The minimum absolute atomic E-state index is 0.222. The van der Waals surface area contributed by atoms with Crippen LogP contribution in [0, 0.1) is 6.92 Å². The number of aryl methyl sites for hydroxylation is 1. The fourth-order valence-electron chi connectivity index (χ4n) is 2.60. The van der Waals surface area contributed by atoms with Gasteiger partial charge in [0.2, 0.25) is 10.0 Å². The Labute approximate surface area is 162 Å². The van der Waals surface area contributed by atoms with Crippen molar-refractivity contribution in [3.8, 4) is 0 Å². The van der Waals surface area contributed by atoms with Gasteiger partial charge in [-0.3, -0.25) is 0 Å². The Morgan fingerprint density at radius 2 is 1.81 bits per heavy atom. The Morgan fingerprint density at radius 1 is 1.15 bits per heavy atom. The van der Waals surface area contributed by atoms with Crippen LogP contribution >= 0.6 is 0 Å². The zero-order valence-corrected chi connectivity index (χ0v) is 16.9. The van der Waals surface area contributed by atoms with Crippen molar-refractivity contribution >= 4 is 10.0 Å². The first kappa shape index (κ1) is 21.0. The van der Waals surface area contributed by atoms with Crippen LogP contribution in [0.1, 0.15) is 43.4 Å². The molecule has 0 heterocycles. The number of nitrogens with one attached hydrogen (secondary N) is 1. The molecule has 5 heteroatoms. The summed E-state index contributed by atoms with van der Waals surface area (Å²) in [7, 11) is -2.19. The second kappa shape index (κ2) is 10.1. The molecule has 0 spiro atoms. The highest BCUT2D eigenvalue weighted by Crippen LogP contribution is 2.24. The van der Waals surface area contributed by atoms with E-state index < -0.39 is 16.1 Å². The second-order valence-corrected chi connectivity index (χ2v) is 8.05. The molecule has 0 radical (unpaired) electrons. The molecule has 1 atom stereocenters. The molecule has 0 bridgehead atoms. The second-order valence-electron chi connectivity index (χ2n) is 6.34. The van der Waals surface area contributed by atoms with E-state index in [0.717, 1.165) is 30.4 Å². The van der Waals surface area contributed by atoms with E-state index in [1.165, 1.54) is 7.11 Å². The summed E-state index contributed by atoms with van der Waals surface area (Å²) in [5, 5.41) is 0. The summed E-state index contributed by atoms with van der Waals surface area (Å²) in [6, 6.07) is 15.5. The van der Waals surface area contributed by atoms with Crippen molar-refractivity contribution in [1.82, 2.24) is 4.72 Å². The Bertz CT molecular complexity index is 881. The van der Waals surface area contributed by atoms with Crippen molar-refractivity contribution in [1.29, 1.82) is 0 Å². The van der Waals surface area contributed by atoms with Gasteiger partial charge in [-0.05, 0) is 43.5 Å². The molecule has 1 N–H and O–H groups in total. The fraction of sp³-hybridized carbons (Fsp3) is 0.318. The Hall–Kier alpha value is -2.33. The van der Waals surface area contributed by atoms with Crippen LogP contribution < -0.4 is 4.72 Å². The van der Waals surface area contributed by atoms with Gasteiger partial charge in [0.1, 0.15) is 6.04 Å². The van der Waals surface area contributed by atoms with Crippen molar-refractivity contribution in [2.24, 2.45) is 0 Å². The van der Waals surface area contributed by atoms with Gasteiger partial charge < -0.3 is 4.74 Å². The van der Waals surface area contributed by atoms with E-state index in [1.54, 1.807) is 24.3 Å². The zero-order valence-electron chi connectivity index (χ0n) is 16.1. The molecule has 144 valence electrons. The largest absolute Gasteiger partial charge is 0.491 e. The molecule has 0 aromatic heterocycles. The lowest BCUT2D eigenvalue weighted by Gasteiger charge is -2.20. The maximum Gasteiger partial charge on any atom is 0.241 e. The van der Waals surface area contributed by atoms with Crippen molar-refractivity contribution in [3.05, 3.63) is 83.3 Å². The lowest BCUT2D eigenvalue weighted by atomic mass is 10.1. The third-order valence-corrected chi connectivity index (χ3v) is 5.60. The maximum absolute atomic E-state index is 12.9. The average molecular weight is 386 g/mol. The number of benzene rings is 2. The SMILES string of the molecule is CCCCC=C=C(OC)C(NS(=O)(=O)c1ccc(C)cc1)c1ccccc1. The summed E-state index contributed by atoms with van der Waals surface area (Å²) in [4.78, 5) is 0.222. The summed E-state index contributed by atoms with van der Waals surface area (Å²) >= 11 is 0. The van der Waals surface area contributed by atoms with Gasteiger partial charge in [0.05, 0.1) is 12.0 Å². The van der Waals surface area contributed by atoms with Gasteiger partial charge in [-0.25, -0.2) is 8.42 Å². The number of ether oxygens (including phenoxy) is 1. The molecule has 4 nitrogen and oxygen atoms in total. The monoisotopic (exact) mass is 385 g/mol. The molecule has 0 fully saturated rings. The Kier molecular flexibility index (Phi) is 7.86. The van der Waals surface area contributed by atoms with E-state index in [-0.39, 0.29) is 4.90 Å². The van der Waals surface area contributed by atoms with Crippen LogP contribution in [0.4, 0.5) is 0 Å². The minimum atomic E-state index is -3.72. The Balaban J connectivity index is 2.41. The third-order valence-electron chi connectivity index (χ3n) is 4.17. The normalized spacial score (nSPS) is 12.1. The summed E-state index contributed by atoms with van der Waals surface area (Å²) in [5.74, 6) is 0.438. The summed E-state index contributed by atoms with van der Waals surface area (Å²) < 4.78 is 34.1. The quantitative estimate of drug-likeness (QED) is 0.380. The number of hydrogen-bond acceptors (Lipinski definition) is 3. The van der Waals surface area contributed by atoms with E-state index in [0.29, 0.717) is 5.76 Å². The van der Waals surface area contributed by atoms with E-state index in [1.807, 2.05) is 43.3 Å². The van der Waals surface area contributed by atoms with Crippen LogP contribution in [-0.4, -0.2) is 15.5 Å². The van der Waals surface area contributed by atoms with Gasteiger partial charge in [0.25, 0.3) is 0 Å². The van der Waals surface area contributed by atoms with E-state index in [2.05, 4.69) is 17.4 Å². The van der Waals surface area contributed by atoms with Crippen LogP contribution in [0.25, 0.3) is 0 Å². The average Bonchev–Trinajstić information content (AvgIpc) is 2.68. The first-order valence-electron chi connectivity index (χ1n) is 9.11. The predicted molar refractivity (Wildman–Crippen MR) is 109 cm³/mol. The molecule has 0 aliphatic heterocycles. The van der Waals surface area contributed by atoms with Gasteiger partial charge in [-0.1, -0.05) is 67.1 Å². The van der Waals surface area contributed by atoms with Gasteiger partial charge in [-0.15, -0.1) is 0 Å². The first-order valence-corrected chi connectivity index (χ1v) is 10.6. The molecule has 27 heavy (non-hydrogen) atoms. The van der Waals surface area contributed by atoms with Crippen LogP contribution in [-0.2, 0) is 14.8 Å². The molecular formula is C22H27NO3S. The van der Waals surface area contributed by atoms with Gasteiger partial charge in [-0.2, -0.15) is 4.72 Å². The molecule has 0 amide bonds. The van der Waals surface area contributed by atoms with Gasteiger partial charge in [0, 0.05) is 0 Å². The lowest BCUT2D eigenvalue weighted by Crippen LogP contribution is -2.30.